The molecule has 1 aromatic heterocycles. The molecule has 1 N–H and O–H groups in total. The van der Waals surface area contributed by atoms with Crippen molar-refractivity contribution >= 4 is 5.69 Å². The van der Waals surface area contributed by atoms with Crippen molar-refractivity contribution in [1.29, 1.82) is 5.26 Å². The van der Waals surface area contributed by atoms with Crippen molar-refractivity contribution in [1.82, 2.24) is 4.98 Å². The summed E-state index contributed by atoms with van der Waals surface area (Å²) in [5, 5.41) is 12.1. The zero-order chi connectivity index (χ0) is 13.5. The monoisotopic (exact) mass is 251 g/mol. The highest BCUT2D eigenvalue weighted by Gasteiger charge is 1.97. The van der Waals surface area contributed by atoms with E-state index in [9.17, 15) is 0 Å². The molecule has 96 valence electrons. The summed E-state index contributed by atoms with van der Waals surface area (Å²) >= 11 is 0. The zero-order valence-corrected chi connectivity index (χ0v) is 11.1. The number of aryl methyl sites for hydroxylation is 1. The second kappa shape index (κ2) is 6.55. The molecule has 0 aliphatic carbocycles. The van der Waals surface area contributed by atoms with Gasteiger partial charge in [-0.25, -0.2) is 4.98 Å². The highest BCUT2D eigenvalue weighted by Crippen LogP contribution is 2.12. The van der Waals surface area contributed by atoms with Gasteiger partial charge in [0.15, 0.2) is 0 Å². The van der Waals surface area contributed by atoms with Gasteiger partial charge in [0.05, 0.1) is 0 Å². The second-order valence-corrected chi connectivity index (χ2v) is 4.46. The number of rotatable bonds is 5. The van der Waals surface area contributed by atoms with Crippen LogP contribution in [0.1, 0.15) is 30.2 Å². The number of nitrogens with zero attached hydrogens (tertiary/aromatic N) is 2. The first-order valence-electron chi connectivity index (χ1n) is 6.49. The van der Waals surface area contributed by atoms with E-state index in [1.54, 1.807) is 12.3 Å². The lowest BCUT2D eigenvalue weighted by atomic mass is 10.1. The van der Waals surface area contributed by atoms with Crippen molar-refractivity contribution in [2.75, 3.05) is 5.32 Å². The van der Waals surface area contributed by atoms with Gasteiger partial charge in [0, 0.05) is 18.4 Å². The molecule has 2 aromatic rings. The van der Waals surface area contributed by atoms with Crippen molar-refractivity contribution in [3.8, 4) is 6.07 Å². The van der Waals surface area contributed by atoms with Crippen LogP contribution in [0, 0.1) is 11.3 Å². The van der Waals surface area contributed by atoms with Crippen molar-refractivity contribution in [2.24, 2.45) is 0 Å². The number of hydrogen-bond donors (Lipinski definition) is 1. The van der Waals surface area contributed by atoms with E-state index >= 15 is 0 Å². The molecule has 2 rings (SSSR count). The molecule has 0 amide bonds. The average molecular weight is 251 g/mol. The molecular weight excluding hydrogens is 234 g/mol. The summed E-state index contributed by atoms with van der Waals surface area (Å²) in [4.78, 5) is 3.96. The van der Waals surface area contributed by atoms with Gasteiger partial charge in [0.1, 0.15) is 11.8 Å². The SMILES string of the molecule is CCCc1ccc(NCc2ccnc(C#N)c2)cc1. The molecule has 3 heteroatoms. The molecular formula is C16H17N3. The van der Waals surface area contributed by atoms with Gasteiger partial charge < -0.3 is 5.32 Å². The maximum atomic E-state index is 8.80. The van der Waals surface area contributed by atoms with Crippen molar-refractivity contribution in [3.63, 3.8) is 0 Å². The van der Waals surface area contributed by atoms with Gasteiger partial charge in [-0.1, -0.05) is 25.5 Å². The fourth-order valence-electron chi connectivity index (χ4n) is 1.93. The second-order valence-electron chi connectivity index (χ2n) is 4.46. The van der Waals surface area contributed by atoms with E-state index in [1.807, 2.05) is 12.1 Å². The largest absolute Gasteiger partial charge is 0.381 e. The summed E-state index contributed by atoms with van der Waals surface area (Å²) in [5.74, 6) is 0. The third-order valence-corrected chi connectivity index (χ3v) is 2.93. The topological polar surface area (TPSA) is 48.7 Å². The summed E-state index contributed by atoms with van der Waals surface area (Å²) < 4.78 is 0. The highest BCUT2D eigenvalue weighted by molar-refractivity contribution is 5.45. The Morgan fingerprint density at radius 1 is 1.16 bits per heavy atom. The van der Waals surface area contributed by atoms with E-state index in [0.717, 1.165) is 17.7 Å². The molecule has 0 aliphatic rings. The Kier molecular flexibility index (Phi) is 4.52. The predicted molar refractivity (Wildman–Crippen MR) is 76.7 cm³/mol. The van der Waals surface area contributed by atoms with E-state index in [2.05, 4.69) is 41.5 Å². The molecule has 0 spiro atoms. The Bertz CT molecular complexity index is 567. The van der Waals surface area contributed by atoms with Crippen LogP contribution < -0.4 is 5.32 Å². The lowest BCUT2D eigenvalue weighted by Crippen LogP contribution is -2.00. The highest BCUT2D eigenvalue weighted by atomic mass is 14.9. The smallest absolute Gasteiger partial charge is 0.140 e. The number of nitrogens with one attached hydrogen (secondary N) is 1. The third kappa shape index (κ3) is 3.82. The fraction of sp³-hybridized carbons (Fsp3) is 0.250. The van der Waals surface area contributed by atoms with Gasteiger partial charge in [-0.2, -0.15) is 5.26 Å². The van der Waals surface area contributed by atoms with Crippen molar-refractivity contribution < 1.29 is 0 Å². The standard InChI is InChI=1S/C16H17N3/c1-2-3-13-4-6-15(7-5-13)19-12-14-8-9-18-16(10-14)11-17/h4-10,19H,2-3,12H2,1H3. The molecule has 1 heterocycles. The molecule has 0 radical (unpaired) electrons. The number of pyridine rings is 1. The quantitative estimate of drug-likeness (QED) is 0.884. The van der Waals surface area contributed by atoms with Gasteiger partial charge in [-0.3, -0.25) is 0 Å². The van der Waals surface area contributed by atoms with E-state index < -0.39 is 0 Å². The van der Waals surface area contributed by atoms with E-state index in [-0.39, 0.29) is 0 Å². The molecule has 0 unspecified atom stereocenters. The molecule has 0 saturated carbocycles. The predicted octanol–water partition coefficient (Wildman–Crippen LogP) is 3.52. The molecule has 0 aliphatic heterocycles. The first kappa shape index (κ1) is 13.1. The van der Waals surface area contributed by atoms with Gasteiger partial charge in [0.2, 0.25) is 0 Å². The number of aromatic nitrogens is 1. The maximum Gasteiger partial charge on any atom is 0.140 e. The number of anilines is 1. The average Bonchev–Trinajstić information content (AvgIpc) is 2.47. The summed E-state index contributed by atoms with van der Waals surface area (Å²) in [6.07, 6.45) is 3.96. The van der Waals surface area contributed by atoms with Crippen LogP contribution in [0.15, 0.2) is 42.6 Å². The maximum absolute atomic E-state index is 8.80. The van der Waals surface area contributed by atoms with Crippen LogP contribution in [0.3, 0.4) is 0 Å². The minimum absolute atomic E-state index is 0.456. The normalized spacial score (nSPS) is 9.89. The molecule has 0 bridgehead atoms. The van der Waals surface area contributed by atoms with Crippen molar-refractivity contribution in [3.05, 3.63) is 59.4 Å². The third-order valence-electron chi connectivity index (χ3n) is 2.93. The summed E-state index contributed by atoms with van der Waals surface area (Å²) in [5.41, 5.74) is 3.97. The van der Waals surface area contributed by atoms with Crippen LogP contribution >= 0.6 is 0 Å². The molecule has 3 nitrogen and oxygen atoms in total. The Labute approximate surface area is 113 Å². The molecule has 1 aromatic carbocycles. The number of hydrogen-bond acceptors (Lipinski definition) is 3. The first-order valence-corrected chi connectivity index (χ1v) is 6.49. The zero-order valence-electron chi connectivity index (χ0n) is 11.1. The molecule has 19 heavy (non-hydrogen) atoms. The van der Waals surface area contributed by atoms with Crippen LogP contribution in [0.25, 0.3) is 0 Å². The van der Waals surface area contributed by atoms with Gasteiger partial charge in [0.25, 0.3) is 0 Å². The molecule has 0 saturated heterocycles. The van der Waals surface area contributed by atoms with E-state index in [4.69, 9.17) is 5.26 Å². The van der Waals surface area contributed by atoms with Crippen LogP contribution in [-0.2, 0) is 13.0 Å². The fourth-order valence-corrected chi connectivity index (χ4v) is 1.93. The Balaban J connectivity index is 1.96. The van der Waals surface area contributed by atoms with Crippen LogP contribution in [0.4, 0.5) is 5.69 Å². The lowest BCUT2D eigenvalue weighted by molar-refractivity contribution is 0.922. The van der Waals surface area contributed by atoms with E-state index in [1.165, 1.54) is 12.0 Å². The number of nitriles is 1. The Morgan fingerprint density at radius 3 is 2.63 bits per heavy atom. The van der Waals surface area contributed by atoms with Crippen LogP contribution in [-0.4, -0.2) is 4.98 Å². The van der Waals surface area contributed by atoms with Crippen LogP contribution in [0.5, 0.6) is 0 Å². The minimum Gasteiger partial charge on any atom is -0.381 e. The molecule has 0 atom stereocenters. The Morgan fingerprint density at radius 2 is 1.95 bits per heavy atom. The van der Waals surface area contributed by atoms with E-state index in [0.29, 0.717) is 12.2 Å². The van der Waals surface area contributed by atoms with Gasteiger partial charge >= 0.3 is 0 Å². The molecule has 0 fully saturated rings. The summed E-state index contributed by atoms with van der Waals surface area (Å²) in [6, 6.07) is 14.3. The first-order chi connectivity index (χ1) is 9.31. The van der Waals surface area contributed by atoms with Gasteiger partial charge in [-0.05, 0) is 41.8 Å². The minimum atomic E-state index is 0.456. The van der Waals surface area contributed by atoms with Gasteiger partial charge in [-0.15, -0.1) is 0 Å². The summed E-state index contributed by atoms with van der Waals surface area (Å²) in [7, 11) is 0. The summed E-state index contributed by atoms with van der Waals surface area (Å²) in [6.45, 7) is 2.88. The number of benzene rings is 1. The lowest BCUT2D eigenvalue weighted by Gasteiger charge is -2.07. The van der Waals surface area contributed by atoms with Crippen LogP contribution in [0.2, 0.25) is 0 Å². The van der Waals surface area contributed by atoms with Crippen molar-refractivity contribution in [2.45, 2.75) is 26.3 Å². The Hall–Kier alpha value is -2.34.